The molecule has 0 saturated heterocycles. The topological polar surface area (TPSA) is 86.5 Å². The summed E-state index contributed by atoms with van der Waals surface area (Å²) in [6, 6.07) is 15.3. The molecule has 27 heavy (non-hydrogen) atoms. The normalized spacial score (nSPS) is 12.1. The minimum absolute atomic E-state index is 0.0181. The van der Waals surface area contributed by atoms with Crippen LogP contribution in [0.3, 0.4) is 0 Å². The molecule has 1 aliphatic rings. The molecule has 2 heterocycles. The highest BCUT2D eigenvalue weighted by atomic mass is 16.7. The lowest BCUT2D eigenvalue weighted by atomic mass is 10.2. The Kier molecular flexibility index (Phi) is 5.00. The lowest BCUT2D eigenvalue weighted by Gasteiger charge is -2.05. The first-order valence-corrected chi connectivity index (χ1v) is 8.81. The molecule has 3 aromatic rings. The van der Waals surface area contributed by atoms with E-state index in [1.165, 1.54) is 0 Å². The number of carbonyl (C=O) groups excluding carboxylic acids is 1. The van der Waals surface area contributed by atoms with Crippen molar-refractivity contribution in [2.24, 2.45) is 0 Å². The van der Waals surface area contributed by atoms with Gasteiger partial charge in [-0.05, 0) is 24.1 Å². The average molecular weight is 365 g/mol. The molecule has 0 spiro atoms. The van der Waals surface area contributed by atoms with Gasteiger partial charge in [0.2, 0.25) is 24.4 Å². The molecule has 1 aromatic heterocycles. The molecule has 0 radical (unpaired) electrons. The molecule has 2 aromatic carbocycles. The van der Waals surface area contributed by atoms with Crippen molar-refractivity contribution in [3.63, 3.8) is 0 Å². The van der Waals surface area contributed by atoms with E-state index in [9.17, 15) is 4.79 Å². The van der Waals surface area contributed by atoms with Crippen molar-refractivity contribution in [1.82, 2.24) is 15.5 Å². The summed E-state index contributed by atoms with van der Waals surface area (Å²) in [6.45, 7) is 0.695. The van der Waals surface area contributed by atoms with E-state index in [2.05, 4.69) is 15.5 Å². The number of fused-ring (bicyclic) bond motifs is 1. The number of benzene rings is 2. The molecule has 7 nitrogen and oxygen atoms in total. The van der Waals surface area contributed by atoms with E-state index >= 15 is 0 Å². The predicted molar refractivity (Wildman–Crippen MR) is 97.1 cm³/mol. The summed E-state index contributed by atoms with van der Waals surface area (Å²) in [5.41, 5.74) is 1.88. The Labute approximate surface area is 156 Å². The van der Waals surface area contributed by atoms with Crippen LogP contribution in [0.5, 0.6) is 11.5 Å². The van der Waals surface area contributed by atoms with Gasteiger partial charge in [0.05, 0.1) is 0 Å². The molecule has 1 N–H and O–H groups in total. The number of aromatic nitrogens is 2. The number of nitrogens with one attached hydrogen (secondary N) is 1. The third-order valence-electron chi connectivity index (χ3n) is 4.22. The summed E-state index contributed by atoms with van der Waals surface area (Å²) in [5, 5.41) is 6.89. The number of ether oxygens (including phenoxy) is 2. The van der Waals surface area contributed by atoms with Crippen molar-refractivity contribution in [2.75, 3.05) is 6.79 Å². The van der Waals surface area contributed by atoms with Gasteiger partial charge in [-0.2, -0.15) is 4.98 Å². The van der Waals surface area contributed by atoms with Crippen LogP contribution >= 0.6 is 0 Å². The number of hydrogen-bond acceptors (Lipinski definition) is 6. The Morgan fingerprint density at radius 3 is 2.81 bits per heavy atom. The molecule has 0 unspecified atom stereocenters. The van der Waals surface area contributed by atoms with Crippen molar-refractivity contribution in [3.05, 3.63) is 60.0 Å². The van der Waals surface area contributed by atoms with Crippen LogP contribution in [0.2, 0.25) is 0 Å². The zero-order valence-corrected chi connectivity index (χ0v) is 14.7. The lowest BCUT2D eigenvalue weighted by molar-refractivity contribution is -0.121. The van der Waals surface area contributed by atoms with Crippen molar-refractivity contribution in [3.8, 4) is 22.9 Å². The molecule has 0 fully saturated rings. The molecular weight excluding hydrogens is 346 g/mol. The minimum atomic E-state index is -0.0181. The van der Waals surface area contributed by atoms with Crippen molar-refractivity contribution < 1.29 is 18.8 Å². The van der Waals surface area contributed by atoms with Gasteiger partial charge in [-0.3, -0.25) is 4.79 Å². The van der Waals surface area contributed by atoms with Crippen LogP contribution in [0.1, 0.15) is 24.3 Å². The first-order chi connectivity index (χ1) is 13.3. The van der Waals surface area contributed by atoms with E-state index < -0.39 is 0 Å². The van der Waals surface area contributed by atoms with Crippen molar-refractivity contribution in [2.45, 2.75) is 25.8 Å². The fourth-order valence-corrected chi connectivity index (χ4v) is 2.80. The molecular formula is C20H19N3O4. The van der Waals surface area contributed by atoms with Crippen LogP contribution in [0.25, 0.3) is 11.4 Å². The zero-order chi connectivity index (χ0) is 18.5. The third kappa shape index (κ3) is 4.25. The predicted octanol–water partition coefficient (Wildman–Crippen LogP) is 3.10. The van der Waals surface area contributed by atoms with Gasteiger partial charge in [-0.15, -0.1) is 0 Å². The van der Waals surface area contributed by atoms with E-state index in [0.717, 1.165) is 16.9 Å². The van der Waals surface area contributed by atoms with Gasteiger partial charge in [-0.25, -0.2) is 0 Å². The number of nitrogens with zero attached hydrogens (tertiary/aromatic N) is 2. The maximum Gasteiger partial charge on any atom is 0.231 e. The smallest absolute Gasteiger partial charge is 0.231 e. The zero-order valence-electron chi connectivity index (χ0n) is 14.7. The maximum atomic E-state index is 12.0. The number of aryl methyl sites for hydroxylation is 1. The molecule has 0 bridgehead atoms. The Bertz CT molecular complexity index is 924. The van der Waals surface area contributed by atoms with Crippen LogP contribution < -0.4 is 14.8 Å². The summed E-state index contributed by atoms with van der Waals surface area (Å²) in [5.74, 6) is 2.54. The van der Waals surface area contributed by atoms with Gasteiger partial charge < -0.3 is 19.3 Å². The lowest BCUT2D eigenvalue weighted by Crippen LogP contribution is -2.22. The van der Waals surface area contributed by atoms with Gasteiger partial charge in [0.1, 0.15) is 0 Å². The quantitative estimate of drug-likeness (QED) is 0.692. The fourth-order valence-electron chi connectivity index (χ4n) is 2.80. The SMILES string of the molecule is O=C(CCCc1nc(-c2ccccc2)no1)NCc1ccc2c(c1)OCO2. The van der Waals surface area contributed by atoms with Crippen LogP contribution in [0.15, 0.2) is 53.1 Å². The van der Waals surface area contributed by atoms with Gasteiger partial charge in [0.25, 0.3) is 0 Å². The average Bonchev–Trinajstić information content (AvgIpc) is 3.36. The highest BCUT2D eigenvalue weighted by Gasteiger charge is 2.13. The molecule has 7 heteroatoms. The number of hydrogen-bond donors (Lipinski definition) is 1. The Balaban J connectivity index is 1.21. The van der Waals surface area contributed by atoms with Crippen LogP contribution in [0.4, 0.5) is 0 Å². The Hall–Kier alpha value is -3.35. The molecule has 0 atom stereocenters. The van der Waals surface area contributed by atoms with Crippen molar-refractivity contribution in [1.29, 1.82) is 0 Å². The monoisotopic (exact) mass is 365 g/mol. The standard InChI is InChI=1S/C20H19N3O4/c24-18(21-12-14-9-10-16-17(11-14)26-13-25-16)7-4-8-19-22-20(23-27-19)15-5-2-1-3-6-15/h1-3,5-6,9-11H,4,7-8,12-13H2,(H,21,24). The van der Waals surface area contributed by atoms with Crippen LogP contribution in [-0.4, -0.2) is 22.8 Å². The fraction of sp³-hybridized carbons (Fsp3) is 0.250. The first-order valence-electron chi connectivity index (χ1n) is 8.81. The third-order valence-corrected chi connectivity index (χ3v) is 4.22. The van der Waals surface area contributed by atoms with Crippen molar-refractivity contribution >= 4 is 5.91 Å². The van der Waals surface area contributed by atoms with E-state index in [-0.39, 0.29) is 12.7 Å². The largest absolute Gasteiger partial charge is 0.454 e. The van der Waals surface area contributed by atoms with Gasteiger partial charge in [0, 0.05) is 24.9 Å². The summed E-state index contributed by atoms with van der Waals surface area (Å²) >= 11 is 0. The summed E-state index contributed by atoms with van der Waals surface area (Å²) in [6.07, 6.45) is 1.61. The molecule has 138 valence electrons. The molecule has 4 rings (SSSR count). The first kappa shape index (κ1) is 17.1. The second kappa shape index (κ2) is 7.90. The molecule has 0 saturated carbocycles. The molecule has 0 aliphatic carbocycles. The number of carbonyl (C=O) groups is 1. The van der Waals surface area contributed by atoms with Crippen LogP contribution in [-0.2, 0) is 17.8 Å². The summed E-state index contributed by atoms with van der Waals surface area (Å²) in [4.78, 5) is 16.4. The van der Waals surface area contributed by atoms with Gasteiger partial charge in [-0.1, -0.05) is 41.6 Å². The van der Waals surface area contributed by atoms with E-state index in [0.29, 0.717) is 43.3 Å². The molecule has 1 aliphatic heterocycles. The second-order valence-electron chi connectivity index (χ2n) is 6.20. The minimum Gasteiger partial charge on any atom is -0.454 e. The summed E-state index contributed by atoms with van der Waals surface area (Å²) < 4.78 is 15.9. The molecule has 1 amide bonds. The van der Waals surface area contributed by atoms with Crippen LogP contribution in [0, 0.1) is 0 Å². The van der Waals surface area contributed by atoms with Gasteiger partial charge >= 0.3 is 0 Å². The Morgan fingerprint density at radius 2 is 1.93 bits per heavy atom. The number of rotatable bonds is 7. The number of amides is 1. The van der Waals surface area contributed by atoms with E-state index in [1.807, 2.05) is 48.5 Å². The van der Waals surface area contributed by atoms with E-state index in [4.69, 9.17) is 14.0 Å². The Morgan fingerprint density at radius 1 is 1.07 bits per heavy atom. The summed E-state index contributed by atoms with van der Waals surface area (Å²) in [7, 11) is 0. The highest BCUT2D eigenvalue weighted by Crippen LogP contribution is 2.32. The second-order valence-corrected chi connectivity index (χ2v) is 6.20. The maximum absolute atomic E-state index is 12.0. The van der Waals surface area contributed by atoms with E-state index in [1.54, 1.807) is 0 Å². The highest BCUT2D eigenvalue weighted by molar-refractivity contribution is 5.75. The van der Waals surface area contributed by atoms with Gasteiger partial charge in [0.15, 0.2) is 11.5 Å².